The van der Waals surface area contributed by atoms with E-state index < -0.39 is 5.97 Å². The van der Waals surface area contributed by atoms with Crippen LogP contribution in [0.5, 0.6) is 17.2 Å². The Labute approximate surface area is 195 Å². The first-order chi connectivity index (χ1) is 15.9. The van der Waals surface area contributed by atoms with Gasteiger partial charge in [0.25, 0.3) is 0 Å². The summed E-state index contributed by atoms with van der Waals surface area (Å²) in [6.07, 6.45) is 0.729. The Morgan fingerprint density at radius 1 is 1.18 bits per heavy atom. The first-order valence-electron chi connectivity index (χ1n) is 10.3. The van der Waals surface area contributed by atoms with E-state index in [1.165, 1.54) is 30.3 Å². The molecule has 0 fully saturated rings. The van der Waals surface area contributed by atoms with Crippen LogP contribution >= 0.6 is 11.3 Å². The van der Waals surface area contributed by atoms with Gasteiger partial charge in [0.1, 0.15) is 18.5 Å². The van der Waals surface area contributed by atoms with Crippen LogP contribution in [-0.4, -0.2) is 37.2 Å². The highest BCUT2D eigenvalue weighted by molar-refractivity contribution is 7.14. The van der Waals surface area contributed by atoms with Crippen LogP contribution in [-0.2, 0) is 22.6 Å². The van der Waals surface area contributed by atoms with Gasteiger partial charge in [0.05, 0.1) is 31.2 Å². The second-order valence-corrected chi connectivity index (χ2v) is 8.36. The Morgan fingerprint density at radius 2 is 1.94 bits per heavy atom. The van der Waals surface area contributed by atoms with Crippen molar-refractivity contribution < 1.29 is 28.5 Å². The summed E-state index contributed by atoms with van der Waals surface area (Å²) in [6.45, 7) is 3.39. The van der Waals surface area contributed by atoms with Gasteiger partial charge in [-0.1, -0.05) is 12.1 Å². The van der Waals surface area contributed by atoms with Crippen molar-refractivity contribution in [3.8, 4) is 17.2 Å². The molecule has 1 atom stereocenters. The molecular formula is C24H24N2O6S. The zero-order valence-electron chi connectivity index (χ0n) is 18.8. The summed E-state index contributed by atoms with van der Waals surface area (Å²) in [4.78, 5) is 31.0. The summed E-state index contributed by atoms with van der Waals surface area (Å²) in [6, 6.07) is 10.6. The summed E-state index contributed by atoms with van der Waals surface area (Å²) in [5.41, 5.74) is 2.43. The number of esters is 1. The molecule has 0 spiro atoms. The van der Waals surface area contributed by atoms with Crippen LogP contribution < -0.4 is 19.1 Å². The third kappa shape index (κ3) is 4.63. The highest BCUT2D eigenvalue weighted by Gasteiger charge is 2.26. The zero-order valence-corrected chi connectivity index (χ0v) is 19.6. The van der Waals surface area contributed by atoms with E-state index in [1.54, 1.807) is 36.8 Å². The summed E-state index contributed by atoms with van der Waals surface area (Å²) in [7, 11) is 3.08. The molecular weight excluding hydrogens is 444 g/mol. The van der Waals surface area contributed by atoms with E-state index in [0.29, 0.717) is 45.7 Å². The highest BCUT2D eigenvalue weighted by Crippen LogP contribution is 2.39. The number of nitrogens with zero attached hydrogens (tertiary/aromatic N) is 2. The number of ether oxygens (including phenoxy) is 4. The van der Waals surface area contributed by atoms with Crippen LogP contribution in [0.1, 0.15) is 35.5 Å². The third-order valence-electron chi connectivity index (χ3n) is 5.14. The maximum absolute atomic E-state index is 12.7. The Kier molecular flexibility index (Phi) is 6.50. The van der Waals surface area contributed by atoms with Crippen molar-refractivity contribution >= 4 is 34.0 Å². The number of amides is 1. The number of carbonyl (C=O) groups excluding carboxylic acids is 2. The number of methoxy groups -OCH3 is 2. The molecule has 172 valence electrons. The number of benzene rings is 2. The minimum absolute atomic E-state index is 0.0285. The second-order valence-electron chi connectivity index (χ2n) is 7.52. The molecule has 0 unspecified atom stereocenters. The van der Waals surface area contributed by atoms with Gasteiger partial charge in [-0.25, -0.2) is 9.78 Å². The van der Waals surface area contributed by atoms with Crippen LogP contribution in [0.2, 0.25) is 0 Å². The van der Waals surface area contributed by atoms with E-state index in [4.69, 9.17) is 18.9 Å². The molecule has 2 aromatic carbocycles. The molecule has 0 N–H and O–H groups in total. The molecule has 0 bridgehead atoms. The summed E-state index contributed by atoms with van der Waals surface area (Å²) < 4.78 is 22.0. The van der Waals surface area contributed by atoms with Crippen molar-refractivity contribution in [3.63, 3.8) is 0 Å². The van der Waals surface area contributed by atoms with Crippen LogP contribution in [0.15, 0.2) is 41.8 Å². The summed E-state index contributed by atoms with van der Waals surface area (Å²) in [5.74, 6) is 1.04. The van der Waals surface area contributed by atoms with Gasteiger partial charge in [-0.3, -0.25) is 9.69 Å². The molecule has 8 nitrogen and oxygen atoms in total. The van der Waals surface area contributed by atoms with Crippen LogP contribution in [0.25, 0.3) is 0 Å². The maximum Gasteiger partial charge on any atom is 0.338 e. The molecule has 1 aliphatic rings. The van der Waals surface area contributed by atoms with Gasteiger partial charge < -0.3 is 18.9 Å². The van der Waals surface area contributed by atoms with Crippen LogP contribution in [0.4, 0.5) is 10.8 Å². The monoisotopic (exact) mass is 468 g/mol. The second kappa shape index (κ2) is 9.50. The Morgan fingerprint density at radius 3 is 2.67 bits per heavy atom. The topological polar surface area (TPSA) is 87.2 Å². The Balaban J connectivity index is 1.50. The fourth-order valence-electron chi connectivity index (χ4n) is 3.68. The van der Waals surface area contributed by atoms with Crippen molar-refractivity contribution in [2.75, 3.05) is 19.1 Å². The molecule has 4 rings (SSSR count). The SMILES string of the molecule is COc1ccccc1N(C(C)=O)c1nc(COC(=O)c2cc3c(c(OC)c2)O[C@H](C)C3)cs1. The quantitative estimate of drug-likeness (QED) is 0.471. The van der Waals surface area contributed by atoms with E-state index in [1.807, 2.05) is 19.1 Å². The number of hydrogen-bond donors (Lipinski definition) is 0. The van der Waals surface area contributed by atoms with Crippen molar-refractivity contribution in [1.29, 1.82) is 0 Å². The number of aromatic nitrogens is 1. The molecule has 0 aliphatic carbocycles. The van der Waals surface area contributed by atoms with Gasteiger partial charge in [0.2, 0.25) is 5.91 Å². The lowest BCUT2D eigenvalue weighted by atomic mass is 10.1. The smallest absolute Gasteiger partial charge is 0.338 e. The minimum Gasteiger partial charge on any atom is -0.495 e. The van der Waals surface area contributed by atoms with Gasteiger partial charge in [0.15, 0.2) is 16.6 Å². The van der Waals surface area contributed by atoms with Gasteiger partial charge >= 0.3 is 5.97 Å². The van der Waals surface area contributed by atoms with Crippen molar-refractivity contribution in [2.45, 2.75) is 33.0 Å². The van der Waals surface area contributed by atoms with Gasteiger partial charge in [-0.15, -0.1) is 11.3 Å². The van der Waals surface area contributed by atoms with E-state index in [9.17, 15) is 9.59 Å². The lowest BCUT2D eigenvalue weighted by Gasteiger charge is -2.20. The lowest BCUT2D eigenvalue weighted by molar-refractivity contribution is -0.115. The van der Waals surface area contributed by atoms with Crippen molar-refractivity contribution in [2.24, 2.45) is 0 Å². The minimum atomic E-state index is -0.488. The zero-order chi connectivity index (χ0) is 23.5. The number of carbonyl (C=O) groups is 2. The van der Waals surface area contributed by atoms with Crippen molar-refractivity contribution in [3.05, 3.63) is 58.6 Å². The van der Waals surface area contributed by atoms with Crippen LogP contribution in [0, 0.1) is 0 Å². The first kappa shape index (κ1) is 22.6. The normalized spacial score (nSPS) is 14.2. The molecule has 1 aliphatic heterocycles. The highest BCUT2D eigenvalue weighted by atomic mass is 32.1. The molecule has 3 aromatic rings. The maximum atomic E-state index is 12.7. The average Bonchev–Trinajstić information content (AvgIpc) is 3.42. The number of anilines is 2. The molecule has 0 radical (unpaired) electrons. The van der Waals surface area contributed by atoms with E-state index in [0.717, 1.165) is 5.56 Å². The molecule has 9 heteroatoms. The van der Waals surface area contributed by atoms with Crippen LogP contribution in [0.3, 0.4) is 0 Å². The standard InChI is InChI=1S/C24H24N2O6S/c1-14-9-16-10-17(11-21(30-4)22(16)32-14)23(28)31-12-18-13-33-24(25-18)26(15(2)27)19-7-5-6-8-20(19)29-3/h5-8,10-11,13-14H,9,12H2,1-4H3/t14-/m1/s1. The van der Waals surface area contributed by atoms with Gasteiger partial charge in [-0.2, -0.15) is 0 Å². The summed E-state index contributed by atoms with van der Waals surface area (Å²) >= 11 is 1.28. The molecule has 1 amide bonds. The van der Waals surface area contributed by atoms with Gasteiger partial charge in [-0.05, 0) is 31.2 Å². The molecule has 1 aromatic heterocycles. The number of hydrogen-bond acceptors (Lipinski definition) is 8. The fraction of sp³-hybridized carbons (Fsp3) is 0.292. The average molecular weight is 469 g/mol. The summed E-state index contributed by atoms with van der Waals surface area (Å²) in [5, 5.41) is 2.22. The molecule has 33 heavy (non-hydrogen) atoms. The molecule has 2 heterocycles. The fourth-order valence-corrected chi connectivity index (χ4v) is 4.54. The number of thiazole rings is 1. The number of para-hydroxylation sites is 2. The number of fused-ring (bicyclic) bond motifs is 1. The van der Waals surface area contributed by atoms with E-state index >= 15 is 0 Å². The van der Waals surface area contributed by atoms with Crippen molar-refractivity contribution in [1.82, 2.24) is 4.98 Å². The largest absolute Gasteiger partial charge is 0.495 e. The molecule has 0 saturated carbocycles. The first-order valence-corrected chi connectivity index (χ1v) is 11.2. The predicted octanol–water partition coefficient (Wildman–Crippen LogP) is 4.53. The molecule has 0 saturated heterocycles. The Hall–Kier alpha value is -3.59. The van der Waals surface area contributed by atoms with Gasteiger partial charge in [0, 0.05) is 24.3 Å². The number of rotatable bonds is 7. The predicted molar refractivity (Wildman–Crippen MR) is 124 cm³/mol. The van der Waals surface area contributed by atoms with E-state index in [2.05, 4.69) is 4.98 Å². The lowest BCUT2D eigenvalue weighted by Crippen LogP contribution is -2.23. The van der Waals surface area contributed by atoms with E-state index in [-0.39, 0.29) is 18.6 Å². The Bertz CT molecular complexity index is 1190. The third-order valence-corrected chi connectivity index (χ3v) is 6.01.